The Morgan fingerprint density at radius 2 is 1.57 bits per heavy atom. The monoisotopic (exact) mass is 198 g/mol. The zero-order chi connectivity index (χ0) is 11.1. The first-order valence-corrected chi connectivity index (χ1v) is 5.91. The molecule has 0 bridgehead atoms. The lowest BCUT2D eigenvalue weighted by molar-refractivity contribution is -0.117. The molecule has 0 aliphatic rings. The van der Waals surface area contributed by atoms with Crippen molar-refractivity contribution in [1.29, 1.82) is 0 Å². The minimum Gasteiger partial charge on any atom is -0.300 e. The molecule has 0 fully saturated rings. The lowest BCUT2D eigenvalue weighted by Gasteiger charge is -2.17. The van der Waals surface area contributed by atoms with E-state index >= 15 is 0 Å². The molecule has 0 radical (unpaired) electrons. The third-order valence-electron chi connectivity index (χ3n) is 2.68. The van der Waals surface area contributed by atoms with Gasteiger partial charge in [0, 0.05) is 6.42 Å². The van der Waals surface area contributed by atoms with E-state index in [1.54, 1.807) is 6.92 Å². The van der Waals surface area contributed by atoms with Crippen LogP contribution in [0.25, 0.3) is 0 Å². The Labute approximate surface area is 89.3 Å². The van der Waals surface area contributed by atoms with Crippen molar-refractivity contribution < 1.29 is 4.79 Å². The van der Waals surface area contributed by atoms with Gasteiger partial charge in [-0.25, -0.2) is 0 Å². The predicted octanol–water partition coefficient (Wildman–Crippen LogP) is 4.06. The standard InChI is InChI=1S/C13H26O/c1-10(2)6-7-11(3)8-12(4)9-13(5)14/h10-12H,6-9H2,1-5H3/t11-,12-/m1/s1. The highest BCUT2D eigenvalue weighted by Gasteiger charge is 2.10. The highest BCUT2D eigenvalue weighted by Crippen LogP contribution is 2.21. The van der Waals surface area contributed by atoms with Gasteiger partial charge in [0.05, 0.1) is 0 Å². The molecule has 2 atom stereocenters. The molecule has 1 nitrogen and oxygen atoms in total. The molecule has 0 heterocycles. The van der Waals surface area contributed by atoms with Crippen molar-refractivity contribution in [3.8, 4) is 0 Å². The first kappa shape index (κ1) is 13.7. The molecule has 84 valence electrons. The maximum Gasteiger partial charge on any atom is 0.130 e. The Balaban J connectivity index is 3.59. The van der Waals surface area contributed by atoms with Crippen molar-refractivity contribution in [2.75, 3.05) is 0 Å². The van der Waals surface area contributed by atoms with Gasteiger partial charge in [0.15, 0.2) is 0 Å². The van der Waals surface area contributed by atoms with Crippen LogP contribution >= 0.6 is 0 Å². The zero-order valence-corrected chi connectivity index (χ0v) is 10.5. The summed E-state index contributed by atoms with van der Waals surface area (Å²) in [6, 6.07) is 0. The van der Waals surface area contributed by atoms with Crippen molar-refractivity contribution in [1.82, 2.24) is 0 Å². The Morgan fingerprint density at radius 3 is 2.00 bits per heavy atom. The van der Waals surface area contributed by atoms with E-state index < -0.39 is 0 Å². The number of rotatable bonds is 7. The number of carbonyl (C=O) groups is 1. The van der Waals surface area contributed by atoms with Gasteiger partial charge in [-0.3, -0.25) is 0 Å². The lowest BCUT2D eigenvalue weighted by Crippen LogP contribution is -2.07. The third kappa shape index (κ3) is 8.28. The van der Waals surface area contributed by atoms with Gasteiger partial charge in [-0.15, -0.1) is 0 Å². The Morgan fingerprint density at radius 1 is 1.00 bits per heavy atom. The molecular formula is C13H26O. The second-order valence-corrected chi connectivity index (χ2v) is 5.32. The van der Waals surface area contributed by atoms with Crippen molar-refractivity contribution in [2.24, 2.45) is 17.8 Å². The SMILES string of the molecule is CC(=O)C[C@H](C)C[C@H](C)CCC(C)C. The Bertz CT molecular complexity index is 161. The van der Waals surface area contributed by atoms with Gasteiger partial charge in [0.1, 0.15) is 5.78 Å². The maximum atomic E-state index is 10.9. The van der Waals surface area contributed by atoms with Crippen molar-refractivity contribution in [2.45, 2.75) is 60.3 Å². The quantitative estimate of drug-likeness (QED) is 0.603. The first-order chi connectivity index (χ1) is 6.41. The van der Waals surface area contributed by atoms with Crippen LogP contribution in [0.5, 0.6) is 0 Å². The molecule has 0 unspecified atom stereocenters. The van der Waals surface area contributed by atoms with Gasteiger partial charge in [0.2, 0.25) is 0 Å². The van der Waals surface area contributed by atoms with E-state index in [0.717, 1.165) is 18.3 Å². The summed E-state index contributed by atoms with van der Waals surface area (Å²) in [4.78, 5) is 10.9. The van der Waals surface area contributed by atoms with Crippen LogP contribution in [0, 0.1) is 17.8 Å². The van der Waals surface area contributed by atoms with Gasteiger partial charge in [-0.05, 0) is 31.1 Å². The smallest absolute Gasteiger partial charge is 0.130 e. The Kier molecular flexibility index (Phi) is 6.86. The van der Waals surface area contributed by atoms with E-state index in [1.165, 1.54) is 19.3 Å². The highest BCUT2D eigenvalue weighted by atomic mass is 16.1. The van der Waals surface area contributed by atoms with Gasteiger partial charge in [-0.1, -0.05) is 40.5 Å². The topological polar surface area (TPSA) is 17.1 Å². The molecule has 0 saturated carbocycles. The van der Waals surface area contributed by atoms with E-state index in [4.69, 9.17) is 0 Å². The van der Waals surface area contributed by atoms with Gasteiger partial charge in [-0.2, -0.15) is 0 Å². The number of carbonyl (C=O) groups excluding carboxylic acids is 1. The summed E-state index contributed by atoms with van der Waals surface area (Å²) in [6.07, 6.45) is 4.58. The fourth-order valence-corrected chi connectivity index (χ4v) is 2.00. The average Bonchev–Trinajstić information content (AvgIpc) is 1.98. The normalized spacial score (nSPS) is 15.6. The molecule has 0 aromatic carbocycles. The molecule has 0 amide bonds. The maximum absolute atomic E-state index is 10.9. The van der Waals surface area contributed by atoms with E-state index in [9.17, 15) is 4.79 Å². The fraction of sp³-hybridized carbons (Fsp3) is 0.923. The number of hydrogen-bond donors (Lipinski definition) is 0. The van der Waals surface area contributed by atoms with Crippen LogP contribution in [0.4, 0.5) is 0 Å². The van der Waals surface area contributed by atoms with Crippen LogP contribution in [-0.2, 0) is 4.79 Å². The molecule has 0 spiro atoms. The molecule has 0 rings (SSSR count). The summed E-state index contributed by atoms with van der Waals surface area (Å²) in [5, 5.41) is 0. The predicted molar refractivity (Wildman–Crippen MR) is 62.3 cm³/mol. The summed E-state index contributed by atoms with van der Waals surface area (Å²) >= 11 is 0. The van der Waals surface area contributed by atoms with Gasteiger partial charge < -0.3 is 4.79 Å². The fourth-order valence-electron chi connectivity index (χ4n) is 2.00. The molecule has 0 aromatic rings. The summed E-state index contributed by atoms with van der Waals surface area (Å²) in [5.41, 5.74) is 0. The largest absolute Gasteiger partial charge is 0.300 e. The van der Waals surface area contributed by atoms with Crippen LogP contribution in [-0.4, -0.2) is 5.78 Å². The lowest BCUT2D eigenvalue weighted by atomic mass is 9.89. The molecule has 0 saturated heterocycles. The van der Waals surface area contributed by atoms with Crippen molar-refractivity contribution in [3.05, 3.63) is 0 Å². The van der Waals surface area contributed by atoms with E-state index in [-0.39, 0.29) is 0 Å². The third-order valence-corrected chi connectivity index (χ3v) is 2.68. The summed E-state index contributed by atoms with van der Waals surface area (Å²) < 4.78 is 0. The van der Waals surface area contributed by atoms with E-state index in [2.05, 4.69) is 27.7 Å². The molecule has 0 aliphatic carbocycles. The second-order valence-electron chi connectivity index (χ2n) is 5.32. The number of ketones is 1. The van der Waals surface area contributed by atoms with Crippen LogP contribution in [0.2, 0.25) is 0 Å². The van der Waals surface area contributed by atoms with Crippen LogP contribution < -0.4 is 0 Å². The number of hydrogen-bond acceptors (Lipinski definition) is 1. The number of Topliss-reactive ketones (excluding diaryl/α,β-unsaturated/α-hetero) is 1. The molecule has 1 heteroatoms. The van der Waals surface area contributed by atoms with Crippen LogP contribution in [0.3, 0.4) is 0 Å². The zero-order valence-electron chi connectivity index (χ0n) is 10.5. The Hall–Kier alpha value is -0.330. The summed E-state index contributed by atoms with van der Waals surface area (Å²) in [7, 11) is 0. The van der Waals surface area contributed by atoms with Gasteiger partial charge >= 0.3 is 0 Å². The van der Waals surface area contributed by atoms with Gasteiger partial charge in [0.25, 0.3) is 0 Å². The first-order valence-electron chi connectivity index (χ1n) is 5.91. The highest BCUT2D eigenvalue weighted by molar-refractivity contribution is 5.75. The average molecular weight is 198 g/mol. The van der Waals surface area contributed by atoms with Crippen molar-refractivity contribution >= 4 is 5.78 Å². The summed E-state index contributed by atoms with van der Waals surface area (Å²) in [6.45, 7) is 10.7. The molecule has 0 aliphatic heterocycles. The molecular weight excluding hydrogens is 172 g/mol. The summed E-state index contributed by atoms with van der Waals surface area (Å²) in [5.74, 6) is 2.47. The van der Waals surface area contributed by atoms with Crippen molar-refractivity contribution in [3.63, 3.8) is 0 Å². The van der Waals surface area contributed by atoms with E-state index in [1.807, 2.05) is 0 Å². The molecule has 0 N–H and O–H groups in total. The van der Waals surface area contributed by atoms with Crippen LogP contribution in [0.1, 0.15) is 60.3 Å². The van der Waals surface area contributed by atoms with E-state index in [0.29, 0.717) is 11.7 Å². The minimum absolute atomic E-state index is 0.327. The molecule has 14 heavy (non-hydrogen) atoms. The minimum atomic E-state index is 0.327. The molecule has 0 aromatic heterocycles. The second kappa shape index (κ2) is 7.03. The van der Waals surface area contributed by atoms with Crippen LogP contribution in [0.15, 0.2) is 0 Å².